The van der Waals surface area contributed by atoms with Crippen molar-refractivity contribution in [1.82, 2.24) is 15.6 Å². The predicted octanol–water partition coefficient (Wildman–Crippen LogP) is 2.63. The van der Waals surface area contributed by atoms with E-state index in [-0.39, 0.29) is 6.04 Å². The minimum absolute atomic E-state index is 0.116. The van der Waals surface area contributed by atoms with Gasteiger partial charge in [-0.05, 0) is 46.2 Å². The third-order valence-electron chi connectivity index (χ3n) is 3.85. The van der Waals surface area contributed by atoms with Gasteiger partial charge in [0.1, 0.15) is 0 Å². The van der Waals surface area contributed by atoms with Gasteiger partial charge < -0.3 is 10.1 Å². The molecule has 1 aromatic heterocycles. The Bertz CT molecular complexity index is 861. The van der Waals surface area contributed by atoms with Crippen LogP contribution in [0.1, 0.15) is 42.4 Å². The van der Waals surface area contributed by atoms with Crippen LogP contribution in [-0.4, -0.2) is 35.0 Å². The number of aryl methyl sites for hydroxylation is 2. The number of fused-ring (bicyclic) bond motifs is 1. The molecule has 0 bridgehead atoms. The largest absolute Gasteiger partial charge is 0.449 e. The van der Waals surface area contributed by atoms with Crippen LogP contribution in [0.4, 0.5) is 4.79 Å². The summed E-state index contributed by atoms with van der Waals surface area (Å²) in [6.07, 6.45) is -1.12. The molecule has 0 aliphatic rings. The fraction of sp³-hybridized carbons (Fsp3) is 0.368. The predicted molar refractivity (Wildman–Crippen MR) is 97.9 cm³/mol. The van der Waals surface area contributed by atoms with Gasteiger partial charge in [0.2, 0.25) is 0 Å². The molecular weight excluding hydrogens is 334 g/mol. The summed E-state index contributed by atoms with van der Waals surface area (Å²) < 4.78 is 5.24. The maximum Gasteiger partial charge on any atom is 0.341 e. The van der Waals surface area contributed by atoms with Crippen molar-refractivity contribution in [1.29, 1.82) is 0 Å². The number of carbonyl (C=O) groups excluding carboxylic acids is 3. The summed E-state index contributed by atoms with van der Waals surface area (Å²) in [5, 5.41) is 5.52. The van der Waals surface area contributed by atoms with Crippen LogP contribution < -0.4 is 10.6 Å². The minimum atomic E-state index is -1.12. The number of amides is 3. The molecule has 2 aromatic rings. The van der Waals surface area contributed by atoms with Gasteiger partial charge in [0.15, 0.2) is 6.10 Å². The van der Waals surface area contributed by atoms with E-state index in [2.05, 4.69) is 15.6 Å². The molecule has 1 unspecified atom stereocenters. The molecule has 138 valence electrons. The molecule has 0 aliphatic heterocycles. The first-order valence-electron chi connectivity index (χ1n) is 8.39. The second kappa shape index (κ2) is 7.95. The summed E-state index contributed by atoms with van der Waals surface area (Å²) in [6.45, 7) is 8.48. The molecule has 3 amide bonds. The molecule has 0 radical (unpaired) electrons. The van der Waals surface area contributed by atoms with Crippen molar-refractivity contribution in [3.63, 3.8) is 0 Å². The number of benzene rings is 1. The average Bonchev–Trinajstić information content (AvgIpc) is 2.53. The molecule has 0 aliphatic carbocycles. The normalized spacial score (nSPS) is 11.9. The summed E-state index contributed by atoms with van der Waals surface area (Å²) in [5.41, 5.74) is 2.38. The van der Waals surface area contributed by atoms with Gasteiger partial charge in [-0.25, -0.2) is 9.59 Å². The number of carbonyl (C=O) groups is 3. The van der Waals surface area contributed by atoms with Crippen molar-refractivity contribution in [2.75, 3.05) is 0 Å². The van der Waals surface area contributed by atoms with Gasteiger partial charge in [0.25, 0.3) is 5.91 Å². The Morgan fingerprint density at radius 3 is 2.38 bits per heavy atom. The highest BCUT2D eigenvalue weighted by Crippen LogP contribution is 2.23. The Kier molecular flexibility index (Phi) is 5.92. The molecule has 0 fully saturated rings. The van der Waals surface area contributed by atoms with Crippen LogP contribution in [0.25, 0.3) is 10.9 Å². The Labute approximate surface area is 152 Å². The average molecular weight is 357 g/mol. The van der Waals surface area contributed by atoms with E-state index >= 15 is 0 Å². The van der Waals surface area contributed by atoms with Crippen LogP contribution in [0.2, 0.25) is 0 Å². The topological polar surface area (TPSA) is 97.4 Å². The van der Waals surface area contributed by atoms with Gasteiger partial charge in [0.05, 0.1) is 16.8 Å². The van der Waals surface area contributed by atoms with Crippen LogP contribution in [0, 0.1) is 13.8 Å². The number of imide groups is 1. The van der Waals surface area contributed by atoms with E-state index in [4.69, 9.17) is 4.74 Å². The smallest absolute Gasteiger partial charge is 0.341 e. The third-order valence-corrected chi connectivity index (χ3v) is 3.85. The van der Waals surface area contributed by atoms with Crippen LogP contribution >= 0.6 is 0 Å². The maximum atomic E-state index is 12.6. The van der Waals surface area contributed by atoms with Gasteiger partial charge in [0, 0.05) is 11.4 Å². The van der Waals surface area contributed by atoms with E-state index in [0.29, 0.717) is 11.3 Å². The second-order valence-electron chi connectivity index (χ2n) is 6.38. The first kappa shape index (κ1) is 19.4. The molecule has 26 heavy (non-hydrogen) atoms. The summed E-state index contributed by atoms with van der Waals surface area (Å²) in [6, 6.07) is 6.74. The zero-order chi connectivity index (χ0) is 19.4. The number of rotatable bonds is 4. The highest BCUT2D eigenvalue weighted by Gasteiger charge is 2.24. The number of aromatic nitrogens is 1. The van der Waals surface area contributed by atoms with Crippen molar-refractivity contribution < 1.29 is 19.1 Å². The lowest BCUT2D eigenvalue weighted by atomic mass is 10.0. The highest BCUT2D eigenvalue weighted by molar-refractivity contribution is 6.01. The third kappa shape index (κ3) is 4.36. The van der Waals surface area contributed by atoms with Gasteiger partial charge in [-0.1, -0.05) is 18.2 Å². The molecule has 0 spiro atoms. The fourth-order valence-corrected chi connectivity index (χ4v) is 2.62. The fourth-order valence-electron chi connectivity index (χ4n) is 2.62. The van der Waals surface area contributed by atoms with Gasteiger partial charge >= 0.3 is 12.0 Å². The molecule has 0 saturated carbocycles. The Balaban J connectivity index is 2.16. The maximum absolute atomic E-state index is 12.6. The van der Waals surface area contributed by atoms with Crippen LogP contribution in [0.5, 0.6) is 0 Å². The van der Waals surface area contributed by atoms with Crippen molar-refractivity contribution in [3.8, 4) is 0 Å². The molecule has 7 heteroatoms. The van der Waals surface area contributed by atoms with E-state index in [1.165, 1.54) is 6.92 Å². The lowest BCUT2D eigenvalue weighted by Crippen LogP contribution is -2.46. The number of para-hydroxylation sites is 1. The number of esters is 1. The molecule has 2 rings (SSSR count). The molecule has 7 nitrogen and oxygen atoms in total. The number of nitrogens with one attached hydrogen (secondary N) is 2. The van der Waals surface area contributed by atoms with Gasteiger partial charge in [-0.3, -0.25) is 15.1 Å². The van der Waals surface area contributed by atoms with Crippen molar-refractivity contribution in [3.05, 3.63) is 41.1 Å². The van der Waals surface area contributed by atoms with E-state index in [0.717, 1.165) is 16.5 Å². The summed E-state index contributed by atoms with van der Waals surface area (Å²) in [5.74, 6) is -1.34. The standard InChI is InChI=1S/C19H23N3O4/c1-10(2)20-19(25)22-17(23)13(5)26-18(24)16-11(3)14-8-6-7-9-15(14)21-12(16)4/h6-10,13H,1-5H3,(H2,20,22,23,25). The Hall–Kier alpha value is -2.96. The van der Waals surface area contributed by atoms with E-state index < -0.39 is 24.0 Å². The number of nitrogens with zero attached hydrogens (tertiary/aromatic N) is 1. The van der Waals surface area contributed by atoms with Gasteiger partial charge in [-0.2, -0.15) is 0 Å². The van der Waals surface area contributed by atoms with E-state index in [1.807, 2.05) is 31.2 Å². The number of ether oxygens (including phenoxy) is 1. The first-order valence-corrected chi connectivity index (χ1v) is 8.39. The lowest BCUT2D eigenvalue weighted by molar-refractivity contribution is -0.127. The first-order chi connectivity index (χ1) is 12.2. The molecule has 2 N–H and O–H groups in total. The summed E-state index contributed by atoms with van der Waals surface area (Å²) in [4.78, 5) is 40.6. The van der Waals surface area contributed by atoms with Crippen LogP contribution in [0.15, 0.2) is 24.3 Å². The van der Waals surface area contributed by atoms with Gasteiger partial charge in [-0.15, -0.1) is 0 Å². The van der Waals surface area contributed by atoms with Crippen molar-refractivity contribution >= 4 is 28.8 Å². The van der Waals surface area contributed by atoms with E-state index in [1.54, 1.807) is 20.8 Å². The minimum Gasteiger partial charge on any atom is -0.449 e. The lowest BCUT2D eigenvalue weighted by Gasteiger charge is -2.16. The molecular formula is C19H23N3O4. The number of hydrogen-bond acceptors (Lipinski definition) is 5. The highest BCUT2D eigenvalue weighted by atomic mass is 16.5. The summed E-state index contributed by atoms with van der Waals surface area (Å²) in [7, 11) is 0. The quantitative estimate of drug-likeness (QED) is 0.820. The summed E-state index contributed by atoms with van der Waals surface area (Å²) >= 11 is 0. The van der Waals surface area contributed by atoms with Crippen LogP contribution in [0.3, 0.4) is 0 Å². The Morgan fingerprint density at radius 2 is 1.73 bits per heavy atom. The zero-order valence-electron chi connectivity index (χ0n) is 15.5. The van der Waals surface area contributed by atoms with Crippen molar-refractivity contribution in [2.24, 2.45) is 0 Å². The molecule has 1 atom stereocenters. The molecule has 1 aromatic carbocycles. The number of hydrogen-bond donors (Lipinski definition) is 2. The second-order valence-corrected chi connectivity index (χ2v) is 6.38. The zero-order valence-corrected chi connectivity index (χ0v) is 15.5. The number of pyridine rings is 1. The van der Waals surface area contributed by atoms with Crippen molar-refractivity contribution in [2.45, 2.75) is 46.8 Å². The SMILES string of the molecule is Cc1nc2ccccc2c(C)c1C(=O)OC(C)C(=O)NC(=O)NC(C)C. The Morgan fingerprint density at radius 1 is 1.08 bits per heavy atom. The monoisotopic (exact) mass is 357 g/mol. The molecule has 0 saturated heterocycles. The van der Waals surface area contributed by atoms with Crippen LogP contribution in [-0.2, 0) is 9.53 Å². The molecule has 1 heterocycles. The number of urea groups is 1. The van der Waals surface area contributed by atoms with E-state index in [9.17, 15) is 14.4 Å².